The molecule has 0 atom stereocenters. The van der Waals surface area contributed by atoms with Gasteiger partial charge >= 0.3 is 5.63 Å². The van der Waals surface area contributed by atoms with Crippen molar-refractivity contribution in [2.45, 2.75) is 26.7 Å². The summed E-state index contributed by atoms with van der Waals surface area (Å²) in [6, 6.07) is 15.0. The smallest absolute Gasteiger partial charge is 0.339 e. The number of para-hydroxylation sites is 1. The molecule has 1 amide bonds. The molecule has 1 aliphatic heterocycles. The van der Waals surface area contributed by atoms with Crippen molar-refractivity contribution in [3.05, 3.63) is 75.6 Å². The second kappa shape index (κ2) is 8.82. The van der Waals surface area contributed by atoms with Gasteiger partial charge in [-0.05, 0) is 55.7 Å². The number of amides is 1. The minimum absolute atomic E-state index is 0.0342. The Morgan fingerprint density at radius 2 is 1.79 bits per heavy atom. The zero-order valence-corrected chi connectivity index (χ0v) is 19.4. The van der Waals surface area contributed by atoms with Gasteiger partial charge in [0.05, 0.1) is 5.52 Å². The molecular weight excluding hydrogens is 430 g/mol. The molecule has 1 saturated heterocycles. The Morgan fingerprint density at radius 1 is 1.03 bits per heavy atom. The molecule has 34 heavy (non-hydrogen) atoms. The van der Waals surface area contributed by atoms with Gasteiger partial charge in [-0.2, -0.15) is 0 Å². The highest BCUT2D eigenvalue weighted by molar-refractivity contribution is 5.84. The van der Waals surface area contributed by atoms with Gasteiger partial charge in [-0.15, -0.1) is 0 Å². The van der Waals surface area contributed by atoms with Crippen molar-refractivity contribution in [1.82, 2.24) is 9.88 Å². The Morgan fingerprint density at radius 3 is 2.59 bits per heavy atom. The highest BCUT2D eigenvalue weighted by Crippen LogP contribution is 2.25. The van der Waals surface area contributed by atoms with Gasteiger partial charge < -0.3 is 19.3 Å². The van der Waals surface area contributed by atoms with Gasteiger partial charge in [0.15, 0.2) is 0 Å². The number of hydrogen-bond donors (Lipinski definition) is 1. The van der Waals surface area contributed by atoms with Gasteiger partial charge in [0.25, 0.3) is 0 Å². The number of carbonyl (C=O) groups excluding carboxylic acids is 1. The Balaban J connectivity index is 1.24. The highest BCUT2D eigenvalue weighted by atomic mass is 16.4. The summed E-state index contributed by atoms with van der Waals surface area (Å²) in [5.74, 6) is 1.02. The molecule has 1 N–H and O–H groups in total. The van der Waals surface area contributed by atoms with Crippen LogP contribution < -0.4 is 10.5 Å². The lowest BCUT2D eigenvalue weighted by Crippen LogP contribution is -2.49. The lowest BCUT2D eigenvalue weighted by molar-refractivity contribution is -0.131. The predicted molar refractivity (Wildman–Crippen MR) is 132 cm³/mol. The molecule has 174 valence electrons. The Hall–Kier alpha value is -3.87. The quantitative estimate of drug-likeness (QED) is 0.467. The first-order valence-electron chi connectivity index (χ1n) is 11.5. The van der Waals surface area contributed by atoms with Crippen LogP contribution in [0.5, 0.6) is 5.75 Å². The number of aromatic hydroxyl groups is 1. The average molecular weight is 458 g/mol. The molecule has 5 rings (SSSR count). The number of phenols is 1. The van der Waals surface area contributed by atoms with Gasteiger partial charge in [-0.1, -0.05) is 18.2 Å². The molecule has 0 saturated carbocycles. The summed E-state index contributed by atoms with van der Waals surface area (Å²) in [7, 11) is 0. The number of aromatic nitrogens is 1. The molecule has 2 aromatic carbocycles. The van der Waals surface area contributed by atoms with Crippen molar-refractivity contribution in [3.63, 3.8) is 0 Å². The van der Waals surface area contributed by atoms with Crippen molar-refractivity contribution >= 4 is 33.6 Å². The molecule has 4 aromatic rings. The van der Waals surface area contributed by atoms with Crippen molar-refractivity contribution in [3.8, 4) is 5.75 Å². The molecule has 0 unspecified atom stereocenters. The fraction of sp³-hybridized carbons (Fsp3) is 0.296. The number of phenolic OH excluding ortho intramolecular Hbond substituents is 1. The van der Waals surface area contributed by atoms with Gasteiger partial charge in [-0.3, -0.25) is 4.79 Å². The number of aryl methyl sites for hydroxylation is 2. The van der Waals surface area contributed by atoms with Crippen LogP contribution in [0.15, 0.2) is 57.7 Å². The summed E-state index contributed by atoms with van der Waals surface area (Å²) in [4.78, 5) is 34.3. The molecule has 0 radical (unpaired) electrons. The predicted octanol–water partition coefficient (Wildman–Crippen LogP) is 3.95. The van der Waals surface area contributed by atoms with E-state index < -0.39 is 5.63 Å². The van der Waals surface area contributed by atoms with Crippen molar-refractivity contribution < 1.29 is 14.3 Å². The molecule has 7 heteroatoms. The fourth-order valence-electron chi connectivity index (χ4n) is 4.74. The monoisotopic (exact) mass is 457 g/mol. The largest absolute Gasteiger partial charge is 0.508 e. The van der Waals surface area contributed by atoms with Crippen LogP contribution in [0.4, 0.5) is 5.82 Å². The van der Waals surface area contributed by atoms with E-state index in [1.807, 2.05) is 30.0 Å². The summed E-state index contributed by atoms with van der Waals surface area (Å²) in [5, 5.41) is 11.6. The van der Waals surface area contributed by atoms with Crippen molar-refractivity contribution in [2.75, 3.05) is 31.1 Å². The Kier molecular flexibility index (Phi) is 5.69. The van der Waals surface area contributed by atoms with Crippen LogP contribution in [-0.4, -0.2) is 47.1 Å². The summed E-state index contributed by atoms with van der Waals surface area (Å²) in [6.45, 7) is 6.64. The summed E-state index contributed by atoms with van der Waals surface area (Å²) in [5.41, 5.74) is 3.38. The first-order chi connectivity index (χ1) is 16.4. The van der Waals surface area contributed by atoms with Crippen LogP contribution >= 0.6 is 0 Å². The molecule has 1 aliphatic rings. The van der Waals surface area contributed by atoms with E-state index in [0.29, 0.717) is 30.7 Å². The summed E-state index contributed by atoms with van der Waals surface area (Å²) in [6.07, 6.45) is 0.581. The minimum atomic E-state index is -0.453. The zero-order chi connectivity index (χ0) is 23.8. The second-order valence-electron chi connectivity index (χ2n) is 8.86. The van der Waals surface area contributed by atoms with E-state index in [0.717, 1.165) is 40.8 Å². The standard InChI is InChI=1S/C27H27N3O4/c1-17-15-25(28-23-6-4-3-5-20(17)23)29-11-13-30(14-12-29)26(32)10-9-22-18(2)21-8-7-19(31)16-24(21)34-27(22)33/h3-8,15-16,31H,9-14H2,1-2H3. The average Bonchev–Trinajstić information content (AvgIpc) is 2.83. The third-order valence-electron chi connectivity index (χ3n) is 6.73. The summed E-state index contributed by atoms with van der Waals surface area (Å²) < 4.78 is 5.38. The van der Waals surface area contributed by atoms with Crippen LogP contribution in [0.25, 0.3) is 21.9 Å². The van der Waals surface area contributed by atoms with E-state index in [-0.39, 0.29) is 18.1 Å². The van der Waals surface area contributed by atoms with Gasteiger partial charge in [0.2, 0.25) is 5.91 Å². The van der Waals surface area contributed by atoms with E-state index in [9.17, 15) is 14.7 Å². The maximum atomic E-state index is 12.9. The lowest BCUT2D eigenvalue weighted by atomic mass is 10.0. The Bertz CT molecular complexity index is 1450. The third kappa shape index (κ3) is 4.09. The Labute approximate surface area is 197 Å². The van der Waals surface area contributed by atoms with E-state index in [4.69, 9.17) is 9.40 Å². The lowest BCUT2D eigenvalue weighted by Gasteiger charge is -2.35. The minimum Gasteiger partial charge on any atom is -0.508 e. The SMILES string of the molecule is Cc1cc(N2CCN(C(=O)CCc3c(C)c4ccc(O)cc4oc3=O)CC2)nc2ccccc12. The van der Waals surface area contributed by atoms with Crippen LogP contribution in [0, 0.1) is 13.8 Å². The number of piperazine rings is 1. The molecule has 1 fully saturated rings. The first-order valence-corrected chi connectivity index (χ1v) is 11.5. The fourth-order valence-corrected chi connectivity index (χ4v) is 4.74. The van der Waals surface area contributed by atoms with Gasteiger partial charge in [0, 0.05) is 55.0 Å². The summed E-state index contributed by atoms with van der Waals surface area (Å²) >= 11 is 0. The second-order valence-corrected chi connectivity index (χ2v) is 8.86. The topological polar surface area (TPSA) is 86.9 Å². The van der Waals surface area contributed by atoms with E-state index in [2.05, 4.69) is 24.0 Å². The molecule has 3 heterocycles. The van der Waals surface area contributed by atoms with Crippen LogP contribution in [-0.2, 0) is 11.2 Å². The molecule has 2 aromatic heterocycles. The molecule has 0 bridgehead atoms. The number of rotatable bonds is 4. The number of anilines is 1. The van der Waals surface area contributed by atoms with Crippen LogP contribution in [0.3, 0.4) is 0 Å². The highest BCUT2D eigenvalue weighted by Gasteiger charge is 2.23. The number of pyridine rings is 1. The maximum Gasteiger partial charge on any atom is 0.339 e. The van der Waals surface area contributed by atoms with E-state index in [1.165, 1.54) is 11.6 Å². The number of carbonyl (C=O) groups is 1. The molecule has 7 nitrogen and oxygen atoms in total. The number of benzene rings is 2. The zero-order valence-electron chi connectivity index (χ0n) is 19.4. The van der Waals surface area contributed by atoms with Gasteiger partial charge in [0.1, 0.15) is 17.2 Å². The molecular formula is C27H27N3O4. The number of hydrogen-bond acceptors (Lipinski definition) is 6. The molecule has 0 aliphatic carbocycles. The van der Waals surface area contributed by atoms with Crippen molar-refractivity contribution in [2.24, 2.45) is 0 Å². The van der Waals surface area contributed by atoms with Crippen LogP contribution in [0.2, 0.25) is 0 Å². The number of fused-ring (bicyclic) bond motifs is 2. The van der Waals surface area contributed by atoms with Gasteiger partial charge in [-0.25, -0.2) is 9.78 Å². The van der Waals surface area contributed by atoms with E-state index >= 15 is 0 Å². The third-order valence-corrected chi connectivity index (χ3v) is 6.73. The maximum absolute atomic E-state index is 12.9. The molecule has 0 spiro atoms. The number of nitrogens with zero attached hydrogens (tertiary/aromatic N) is 3. The van der Waals surface area contributed by atoms with Crippen LogP contribution in [0.1, 0.15) is 23.1 Å². The van der Waals surface area contributed by atoms with E-state index in [1.54, 1.807) is 12.1 Å². The first kappa shape index (κ1) is 21.9. The van der Waals surface area contributed by atoms with Crippen molar-refractivity contribution in [1.29, 1.82) is 0 Å². The normalized spacial score (nSPS) is 14.2.